The highest BCUT2D eigenvalue weighted by Crippen LogP contribution is 2.28. The number of benzene rings is 2. The number of nitrogens with zero attached hydrogens (tertiary/aromatic N) is 2. The topological polar surface area (TPSA) is 64.7 Å². The fraction of sp³-hybridized carbons (Fsp3) is 0.235. The Hall–Kier alpha value is -1.96. The summed E-state index contributed by atoms with van der Waals surface area (Å²) in [6, 6.07) is 9.11. The van der Waals surface area contributed by atoms with Gasteiger partial charge < -0.3 is 4.74 Å². The number of aryl methyl sites for hydroxylation is 1. The first-order chi connectivity index (χ1) is 10.9. The van der Waals surface area contributed by atoms with Crippen molar-refractivity contribution in [3.63, 3.8) is 0 Å². The van der Waals surface area contributed by atoms with Crippen LogP contribution < -0.4 is 4.74 Å². The van der Waals surface area contributed by atoms with Crippen LogP contribution >= 0.6 is 22.6 Å². The quantitative estimate of drug-likeness (QED) is 0.295. The number of rotatable bonds is 5. The minimum Gasteiger partial charge on any atom is -0.493 e. The van der Waals surface area contributed by atoms with Gasteiger partial charge in [0, 0.05) is 17.8 Å². The van der Waals surface area contributed by atoms with Crippen LogP contribution in [0.5, 0.6) is 5.75 Å². The van der Waals surface area contributed by atoms with E-state index in [2.05, 4.69) is 27.6 Å². The third-order valence-electron chi connectivity index (χ3n) is 3.44. The molecule has 0 unspecified atom stereocenters. The minimum atomic E-state index is -0.374. The molecule has 23 heavy (non-hydrogen) atoms. The van der Waals surface area contributed by atoms with Gasteiger partial charge in [-0.05, 0) is 78.8 Å². The molecule has 0 aliphatic rings. The van der Waals surface area contributed by atoms with Gasteiger partial charge in [0.2, 0.25) is 0 Å². The van der Waals surface area contributed by atoms with Crippen molar-refractivity contribution >= 4 is 40.2 Å². The van der Waals surface area contributed by atoms with E-state index in [9.17, 15) is 10.1 Å². The van der Waals surface area contributed by atoms with E-state index >= 15 is 0 Å². The lowest BCUT2D eigenvalue weighted by molar-refractivity contribution is -0.385. The highest BCUT2D eigenvalue weighted by molar-refractivity contribution is 14.1. The zero-order valence-electron chi connectivity index (χ0n) is 13.2. The molecule has 0 amide bonds. The Morgan fingerprint density at radius 2 is 2.04 bits per heavy atom. The second-order valence-corrected chi connectivity index (χ2v) is 6.21. The molecule has 0 N–H and O–H groups in total. The summed E-state index contributed by atoms with van der Waals surface area (Å²) in [5.41, 5.74) is 3.11. The number of aliphatic imine (C=N–C) groups is 1. The smallest absolute Gasteiger partial charge is 0.274 e. The molecule has 0 aliphatic heterocycles. The normalized spacial score (nSPS) is 11.0. The maximum Gasteiger partial charge on any atom is 0.274 e. The maximum atomic E-state index is 11.1. The molecule has 0 aliphatic carbocycles. The lowest BCUT2D eigenvalue weighted by Crippen LogP contribution is -1.95. The average molecular weight is 424 g/mol. The molecule has 0 atom stereocenters. The summed E-state index contributed by atoms with van der Waals surface area (Å²) >= 11 is 2.21. The van der Waals surface area contributed by atoms with Crippen molar-refractivity contribution < 1.29 is 9.66 Å². The van der Waals surface area contributed by atoms with Crippen molar-refractivity contribution in [2.24, 2.45) is 4.99 Å². The summed E-state index contributed by atoms with van der Waals surface area (Å²) in [7, 11) is 0. The summed E-state index contributed by atoms with van der Waals surface area (Å²) in [6.45, 7) is 6.16. The van der Waals surface area contributed by atoms with Crippen LogP contribution in [0.4, 0.5) is 11.4 Å². The van der Waals surface area contributed by atoms with Crippen LogP contribution in [0, 0.1) is 27.5 Å². The molecule has 6 heteroatoms. The van der Waals surface area contributed by atoms with Gasteiger partial charge in [-0.1, -0.05) is 0 Å². The van der Waals surface area contributed by atoms with Gasteiger partial charge in [-0.25, -0.2) is 0 Å². The van der Waals surface area contributed by atoms with Gasteiger partial charge in [0.05, 0.1) is 20.8 Å². The Labute approximate surface area is 148 Å². The Kier molecular flexibility index (Phi) is 5.70. The molecule has 0 bridgehead atoms. The summed E-state index contributed by atoms with van der Waals surface area (Å²) in [5, 5.41) is 11.1. The van der Waals surface area contributed by atoms with E-state index in [4.69, 9.17) is 4.74 Å². The Balaban J connectivity index is 2.30. The van der Waals surface area contributed by atoms with Crippen molar-refractivity contribution in [1.29, 1.82) is 0 Å². The van der Waals surface area contributed by atoms with Crippen molar-refractivity contribution in [2.75, 3.05) is 6.61 Å². The summed E-state index contributed by atoms with van der Waals surface area (Å²) < 4.78 is 6.50. The van der Waals surface area contributed by atoms with E-state index in [0.29, 0.717) is 17.9 Å². The van der Waals surface area contributed by atoms with E-state index in [-0.39, 0.29) is 10.6 Å². The number of hydrogen-bond donors (Lipinski definition) is 0. The van der Waals surface area contributed by atoms with Gasteiger partial charge in [0.25, 0.3) is 5.69 Å². The lowest BCUT2D eigenvalue weighted by atomic mass is 10.1. The van der Waals surface area contributed by atoms with Gasteiger partial charge in [-0.3, -0.25) is 15.1 Å². The van der Waals surface area contributed by atoms with E-state index in [1.54, 1.807) is 13.1 Å². The van der Waals surface area contributed by atoms with Gasteiger partial charge in [0.1, 0.15) is 5.75 Å². The number of halogens is 1. The Morgan fingerprint density at radius 3 is 2.65 bits per heavy atom. The highest BCUT2D eigenvalue weighted by atomic mass is 127. The monoisotopic (exact) mass is 424 g/mol. The minimum absolute atomic E-state index is 0.0958. The lowest BCUT2D eigenvalue weighted by Gasteiger charge is -2.06. The van der Waals surface area contributed by atoms with Crippen LogP contribution in [-0.2, 0) is 0 Å². The van der Waals surface area contributed by atoms with E-state index in [0.717, 1.165) is 20.4 Å². The van der Waals surface area contributed by atoms with Crippen molar-refractivity contribution in [2.45, 2.75) is 20.8 Å². The van der Waals surface area contributed by atoms with Crippen LogP contribution in [0.25, 0.3) is 0 Å². The Bertz CT molecular complexity index is 773. The largest absolute Gasteiger partial charge is 0.493 e. The van der Waals surface area contributed by atoms with Crippen LogP contribution in [0.1, 0.15) is 23.6 Å². The predicted octanol–water partition coefficient (Wildman–Crippen LogP) is 4.97. The molecule has 0 radical (unpaired) electrons. The van der Waals surface area contributed by atoms with E-state index in [1.807, 2.05) is 38.1 Å². The number of nitro benzene ring substituents is 1. The van der Waals surface area contributed by atoms with Crippen LogP contribution in [0.2, 0.25) is 0 Å². The third-order valence-corrected chi connectivity index (χ3v) is 4.28. The molecule has 5 nitrogen and oxygen atoms in total. The van der Waals surface area contributed by atoms with Crippen LogP contribution in [0.3, 0.4) is 0 Å². The number of hydrogen-bond acceptors (Lipinski definition) is 4. The number of nitro groups is 1. The fourth-order valence-electron chi connectivity index (χ4n) is 2.11. The third kappa shape index (κ3) is 4.28. The first kappa shape index (κ1) is 17.4. The molecule has 120 valence electrons. The molecule has 2 aromatic carbocycles. The first-order valence-corrected chi connectivity index (χ1v) is 8.22. The molecule has 0 saturated heterocycles. The van der Waals surface area contributed by atoms with Gasteiger partial charge in [0.15, 0.2) is 0 Å². The molecular formula is C17H17IN2O3. The molecule has 0 aromatic heterocycles. The summed E-state index contributed by atoms with van der Waals surface area (Å²) in [5.74, 6) is 0.840. The molecule has 0 saturated carbocycles. The first-order valence-electron chi connectivity index (χ1n) is 7.14. The molecule has 0 spiro atoms. The van der Waals surface area contributed by atoms with Gasteiger partial charge >= 0.3 is 0 Å². The second-order valence-electron chi connectivity index (χ2n) is 5.04. The summed E-state index contributed by atoms with van der Waals surface area (Å²) in [4.78, 5) is 15.1. The van der Waals surface area contributed by atoms with Crippen molar-refractivity contribution in [1.82, 2.24) is 0 Å². The van der Waals surface area contributed by atoms with Crippen LogP contribution in [-0.4, -0.2) is 17.7 Å². The predicted molar refractivity (Wildman–Crippen MR) is 100 cm³/mol. The fourth-order valence-corrected chi connectivity index (χ4v) is 2.80. The second kappa shape index (κ2) is 7.54. The Morgan fingerprint density at radius 1 is 1.30 bits per heavy atom. The zero-order chi connectivity index (χ0) is 17.0. The molecule has 0 heterocycles. The molecule has 0 fully saturated rings. The van der Waals surface area contributed by atoms with Gasteiger partial charge in [-0.2, -0.15) is 0 Å². The molecule has 2 aromatic rings. The SMILES string of the molecule is CCOc1ccc(C=Nc2cc(C)c(C)c([N+](=O)[O-])c2)cc1I. The van der Waals surface area contributed by atoms with E-state index in [1.165, 1.54) is 6.07 Å². The van der Waals surface area contributed by atoms with Crippen LogP contribution in [0.15, 0.2) is 35.3 Å². The van der Waals surface area contributed by atoms with E-state index < -0.39 is 0 Å². The van der Waals surface area contributed by atoms with Crippen molar-refractivity contribution in [3.8, 4) is 5.75 Å². The summed E-state index contributed by atoms with van der Waals surface area (Å²) in [6.07, 6.45) is 1.70. The average Bonchev–Trinajstić information content (AvgIpc) is 2.50. The standard InChI is InChI=1S/C17H17IN2O3/c1-4-23-17-6-5-13(8-15(17)18)10-19-14-7-11(2)12(3)16(9-14)20(21)22/h5-10H,4H2,1-3H3. The molecule has 2 rings (SSSR count). The molecular weight excluding hydrogens is 407 g/mol. The van der Waals surface area contributed by atoms with Crippen molar-refractivity contribution in [3.05, 3.63) is 60.7 Å². The van der Waals surface area contributed by atoms with Gasteiger partial charge in [-0.15, -0.1) is 0 Å². The maximum absolute atomic E-state index is 11.1. The number of ether oxygens (including phenoxy) is 1. The highest BCUT2D eigenvalue weighted by Gasteiger charge is 2.13. The zero-order valence-corrected chi connectivity index (χ0v) is 15.3.